The minimum Gasteiger partial charge on any atom is -0.507 e. The summed E-state index contributed by atoms with van der Waals surface area (Å²) in [6, 6.07) is 3.90. The van der Waals surface area contributed by atoms with Crippen molar-refractivity contribution in [1.29, 1.82) is 0 Å². The molecule has 120 valence electrons. The molecule has 0 aliphatic carbocycles. The molecule has 1 aliphatic heterocycles. The first-order chi connectivity index (χ1) is 10.9. The minimum absolute atomic E-state index is 0.161. The molecule has 2 heterocycles. The standard InChI is InChI=1S/C20H23NO2/c1-13-14(2)19-17(9-10-20(3,4)23-19)16(18(13)22)8-7-15-6-5-11-21-12-15/h5-8,11-12,22H,9-10H2,1-4H3/b8-7+. The zero-order chi connectivity index (χ0) is 16.6. The van der Waals surface area contributed by atoms with Gasteiger partial charge in [-0.05, 0) is 63.3 Å². The Hall–Kier alpha value is -2.29. The summed E-state index contributed by atoms with van der Waals surface area (Å²) < 4.78 is 6.22. The summed E-state index contributed by atoms with van der Waals surface area (Å²) in [5.74, 6) is 1.28. The fraction of sp³-hybridized carbons (Fsp3) is 0.350. The first-order valence-electron chi connectivity index (χ1n) is 8.01. The molecule has 1 N–H and O–H groups in total. The molecule has 1 aromatic carbocycles. The molecule has 2 aromatic rings. The van der Waals surface area contributed by atoms with E-state index in [1.54, 1.807) is 12.4 Å². The molecule has 0 bridgehead atoms. The van der Waals surface area contributed by atoms with Crippen LogP contribution in [0.2, 0.25) is 0 Å². The number of nitrogens with zero attached hydrogens (tertiary/aromatic N) is 1. The van der Waals surface area contributed by atoms with Gasteiger partial charge in [0.25, 0.3) is 0 Å². The van der Waals surface area contributed by atoms with Gasteiger partial charge in [-0.25, -0.2) is 0 Å². The van der Waals surface area contributed by atoms with E-state index in [0.717, 1.165) is 46.4 Å². The highest BCUT2D eigenvalue weighted by molar-refractivity contribution is 5.77. The van der Waals surface area contributed by atoms with E-state index in [2.05, 4.69) is 18.8 Å². The summed E-state index contributed by atoms with van der Waals surface area (Å²) in [4.78, 5) is 4.12. The SMILES string of the molecule is Cc1c(C)c2c(c(/C=C/c3cccnc3)c1O)CCC(C)(C)O2. The van der Waals surface area contributed by atoms with Crippen LogP contribution in [0.3, 0.4) is 0 Å². The molecule has 23 heavy (non-hydrogen) atoms. The lowest BCUT2D eigenvalue weighted by Gasteiger charge is -2.35. The van der Waals surface area contributed by atoms with Crippen molar-refractivity contribution in [2.75, 3.05) is 0 Å². The number of aromatic nitrogens is 1. The maximum absolute atomic E-state index is 10.6. The lowest BCUT2D eigenvalue weighted by molar-refractivity contribution is 0.0833. The third kappa shape index (κ3) is 2.96. The van der Waals surface area contributed by atoms with E-state index >= 15 is 0 Å². The van der Waals surface area contributed by atoms with E-state index in [1.807, 2.05) is 38.1 Å². The minimum atomic E-state index is -0.161. The Morgan fingerprint density at radius 3 is 2.70 bits per heavy atom. The normalized spacial score (nSPS) is 16.2. The van der Waals surface area contributed by atoms with Crippen LogP contribution in [0.15, 0.2) is 24.5 Å². The summed E-state index contributed by atoms with van der Waals surface area (Å²) in [6.45, 7) is 8.19. The molecule has 0 saturated carbocycles. The molecule has 0 fully saturated rings. The first-order valence-corrected chi connectivity index (χ1v) is 8.01. The predicted molar refractivity (Wildman–Crippen MR) is 93.8 cm³/mol. The molecule has 1 aliphatic rings. The Labute approximate surface area is 137 Å². The van der Waals surface area contributed by atoms with Crippen molar-refractivity contribution in [2.24, 2.45) is 0 Å². The van der Waals surface area contributed by atoms with Crippen LogP contribution >= 0.6 is 0 Å². The Morgan fingerprint density at radius 1 is 1.22 bits per heavy atom. The predicted octanol–water partition coefficient (Wildman–Crippen LogP) is 4.68. The van der Waals surface area contributed by atoms with Gasteiger partial charge in [0.2, 0.25) is 0 Å². The van der Waals surface area contributed by atoms with Gasteiger partial charge in [0.15, 0.2) is 0 Å². The van der Waals surface area contributed by atoms with Crippen LogP contribution in [-0.2, 0) is 6.42 Å². The van der Waals surface area contributed by atoms with Crippen LogP contribution in [0.4, 0.5) is 0 Å². The van der Waals surface area contributed by atoms with E-state index < -0.39 is 0 Å². The largest absolute Gasteiger partial charge is 0.507 e. The molecule has 3 heteroatoms. The van der Waals surface area contributed by atoms with Gasteiger partial charge in [0.05, 0.1) is 0 Å². The summed E-state index contributed by atoms with van der Waals surface area (Å²) in [5.41, 5.74) is 4.73. The van der Waals surface area contributed by atoms with Crippen LogP contribution < -0.4 is 4.74 Å². The summed E-state index contributed by atoms with van der Waals surface area (Å²) >= 11 is 0. The highest BCUT2D eigenvalue weighted by Crippen LogP contribution is 2.44. The van der Waals surface area contributed by atoms with Gasteiger partial charge < -0.3 is 9.84 Å². The van der Waals surface area contributed by atoms with Crippen molar-refractivity contribution < 1.29 is 9.84 Å². The molecule has 0 unspecified atom stereocenters. The highest BCUT2D eigenvalue weighted by atomic mass is 16.5. The van der Waals surface area contributed by atoms with Crippen molar-refractivity contribution in [1.82, 2.24) is 4.98 Å². The van der Waals surface area contributed by atoms with Gasteiger partial charge in [-0.15, -0.1) is 0 Å². The Morgan fingerprint density at radius 2 is 2.00 bits per heavy atom. The number of benzene rings is 1. The zero-order valence-corrected chi connectivity index (χ0v) is 14.2. The third-order valence-electron chi connectivity index (χ3n) is 4.59. The average Bonchev–Trinajstić information content (AvgIpc) is 2.53. The molecule has 0 atom stereocenters. The molecular weight excluding hydrogens is 286 g/mol. The molecule has 3 rings (SSSR count). The Kier molecular flexibility index (Phi) is 3.88. The number of pyridine rings is 1. The fourth-order valence-electron chi connectivity index (χ4n) is 3.01. The van der Waals surface area contributed by atoms with Crippen LogP contribution in [0.1, 0.15) is 48.1 Å². The second-order valence-electron chi connectivity index (χ2n) is 6.80. The number of fused-ring (bicyclic) bond motifs is 1. The number of hydrogen-bond donors (Lipinski definition) is 1. The smallest absolute Gasteiger partial charge is 0.127 e. The van der Waals surface area contributed by atoms with Gasteiger partial charge in [-0.2, -0.15) is 0 Å². The molecule has 0 spiro atoms. The average molecular weight is 309 g/mol. The lowest BCUT2D eigenvalue weighted by atomic mass is 9.87. The topological polar surface area (TPSA) is 42.4 Å². The summed E-state index contributed by atoms with van der Waals surface area (Å²) in [5, 5.41) is 10.6. The lowest BCUT2D eigenvalue weighted by Crippen LogP contribution is -2.33. The van der Waals surface area contributed by atoms with Crippen molar-refractivity contribution in [3.8, 4) is 11.5 Å². The van der Waals surface area contributed by atoms with Crippen molar-refractivity contribution >= 4 is 12.2 Å². The van der Waals surface area contributed by atoms with Crippen molar-refractivity contribution in [3.63, 3.8) is 0 Å². The zero-order valence-electron chi connectivity index (χ0n) is 14.2. The van der Waals surface area contributed by atoms with E-state index in [0.29, 0.717) is 5.75 Å². The van der Waals surface area contributed by atoms with E-state index in [1.165, 1.54) is 0 Å². The highest BCUT2D eigenvalue weighted by Gasteiger charge is 2.31. The van der Waals surface area contributed by atoms with Crippen LogP contribution in [0, 0.1) is 13.8 Å². The molecule has 3 nitrogen and oxygen atoms in total. The molecule has 0 saturated heterocycles. The number of hydrogen-bond acceptors (Lipinski definition) is 3. The second kappa shape index (κ2) is 5.73. The maximum Gasteiger partial charge on any atom is 0.127 e. The number of rotatable bonds is 2. The van der Waals surface area contributed by atoms with Gasteiger partial charge in [0.1, 0.15) is 17.1 Å². The van der Waals surface area contributed by atoms with Crippen LogP contribution in [-0.4, -0.2) is 15.7 Å². The van der Waals surface area contributed by atoms with Crippen LogP contribution in [0.5, 0.6) is 11.5 Å². The van der Waals surface area contributed by atoms with Gasteiger partial charge in [0, 0.05) is 23.5 Å². The number of ether oxygens (including phenoxy) is 1. The second-order valence-corrected chi connectivity index (χ2v) is 6.80. The van der Waals surface area contributed by atoms with Gasteiger partial charge >= 0.3 is 0 Å². The number of phenolic OH excluding ortho intramolecular Hbond substituents is 1. The number of phenols is 1. The molecule has 0 radical (unpaired) electrons. The quantitative estimate of drug-likeness (QED) is 0.876. The Bertz CT molecular complexity index is 761. The van der Waals surface area contributed by atoms with Gasteiger partial charge in [-0.1, -0.05) is 18.2 Å². The first kappa shape index (κ1) is 15.6. The van der Waals surface area contributed by atoms with Crippen molar-refractivity contribution in [2.45, 2.75) is 46.1 Å². The fourth-order valence-corrected chi connectivity index (χ4v) is 3.01. The van der Waals surface area contributed by atoms with E-state index in [4.69, 9.17) is 4.74 Å². The molecule has 1 aromatic heterocycles. The third-order valence-corrected chi connectivity index (χ3v) is 4.59. The molecule has 0 amide bonds. The molecular formula is C20H23NO2. The Balaban J connectivity index is 2.11. The van der Waals surface area contributed by atoms with Crippen molar-refractivity contribution in [3.05, 3.63) is 52.3 Å². The summed E-state index contributed by atoms with van der Waals surface area (Å²) in [6.07, 6.45) is 9.36. The van der Waals surface area contributed by atoms with Gasteiger partial charge in [-0.3, -0.25) is 4.98 Å². The maximum atomic E-state index is 10.6. The van der Waals surface area contributed by atoms with E-state index in [-0.39, 0.29) is 5.60 Å². The monoisotopic (exact) mass is 309 g/mol. The van der Waals surface area contributed by atoms with E-state index in [9.17, 15) is 5.11 Å². The van der Waals surface area contributed by atoms with Crippen LogP contribution in [0.25, 0.3) is 12.2 Å². The number of aromatic hydroxyl groups is 1. The summed E-state index contributed by atoms with van der Waals surface area (Å²) in [7, 11) is 0.